The Labute approximate surface area is 114 Å². The van der Waals surface area contributed by atoms with Crippen molar-refractivity contribution in [2.24, 2.45) is 29.4 Å². The van der Waals surface area contributed by atoms with Crippen LogP contribution in [-0.2, 0) is 6.54 Å². The quantitative estimate of drug-likeness (QED) is 0.877. The molecule has 0 aromatic carbocycles. The van der Waals surface area contributed by atoms with Gasteiger partial charge < -0.3 is 11.1 Å². The predicted octanol–water partition coefficient (Wildman–Crippen LogP) is 2.38. The van der Waals surface area contributed by atoms with Crippen LogP contribution in [0.25, 0.3) is 0 Å². The monoisotopic (exact) mass is 260 g/mol. The summed E-state index contributed by atoms with van der Waals surface area (Å²) < 4.78 is 2.27. The summed E-state index contributed by atoms with van der Waals surface area (Å²) in [6.07, 6.45) is 7.22. The lowest BCUT2D eigenvalue weighted by Crippen LogP contribution is -2.46. The largest absolute Gasteiger partial charge is 0.373 e. The van der Waals surface area contributed by atoms with Crippen molar-refractivity contribution in [1.82, 2.24) is 9.78 Å². The molecule has 4 aliphatic rings. The summed E-state index contributed by atoms with van der Waals surface area (Å²) in [7, 11) is 1.99. The fraction of sp³-hybridized carbons (Fsp3) is 0.800. The van der Waals surface area contributed by atoms with Gasteiger partial charge in [0, 0.05) is 19.7 Å². The normalized spacial score (nSPS) is 39.8. The SMILES string of the molecule is CNc1cc(CN)nn1C1C2CC3CC(C2)CC1C3. The zero-order valence-electron chi connectivity index (χ0n) is 11.7. The molecule has 1 aromatic rings. The highest BCUT2D eigenvalue weighted by Gasteiger charge is 2.49. The minimum absolute atomic E-state index is 0.537. The van der Waals surface area contributed by atoms with E-state index in [1.54, 1.807) is 0 Å². The van der Waals surface area contributed by atoms with Crippen LogP contribution in [0.15, 0.2) is 6.07 Å². The number of hydrogen-bond acceptors (Lipinski definition) is 3. The van der Waals surface area contributed by atoms with Crippen molar-refractivity contribution in [3.05, 3.63) is 11.8 Å². The fourth-order valence-corrected chi connectivity index (χ4v) is 5.25. The lowest BCUT2D eigenvalue weighted by Gasteiger charge is -2.54. The Hall–Kier alpha value is -1.03. The average Bonchev–Trinajstić information content (AvgIpc) is 2.81. The molecule has 5 rings (SSSR count). The van der Waals surface area contributed by atoms with E-state index in [0.29, 0.717) is 12.6 Å². The Kier molecular flexibility index (Phi) is 2.62. The third kappa shape index (κ3) is 1.72. The third-order valence-corrected chi connectivity index (χ3v) is 5.71. The smallest absolute Gasteiger partial charge is 0.124 e. The Morgan fingerprint density at radius 1 is 1.21 bits per heavy atom. The summed E-state index contributed by atoms with van der Waals surface area (Å²) in [5.41, 5.74) is 6.77. The molecule has 4 saturated carbocycles. The van der Waals surface area contributed by atoms with E-state index in [0.717, 1.165) is 35.2 Å². The van der Waals surface area contributed by atoms with Crippen molar-refractivity contribution in [2.75, 3.05) is 12.4 Å². The molecule has 4 heteroatoms. The maximum absolute atomic E-state index is 5.76. The van der Waals surface area contributed by atoms with Crippen molar-refractivity contribution in [3.8, 4) is 0 Å². The molecule has 0 spiro atoms. The maximum Gasteiger partial charge on any atom is 0.124 e. The van der Waals surface area contributed by atoms with Gasteiger partial charge in [-0.25, -0.2) is 4.68 Å². The van der Waals surface area contributed by atoms with Gasteiger partial charge in [0.25, 0.3) is 0 Å². The maximum atomic E-state index is 5.76. The van der Waals surface area contributed by atoms with Gasteiger partial charge >= 0.3 is 0 Å². The first kappa shape index (κ1) is 11.8. The highest BCUT2D eigenvalue weighted by molar-refractivity contribution is 5.37. The van der Waals surface area contributed by atoms with Gasteiger partial charge in [0.05, 0.1) is 11.7 Å². The molecule has 4 nitrogen and oxygen atoms in total. The Morgan fingerprint density at radius 2 is 1.84 bits per heavy atom. The van der Waals surface area contributed by atoms with Crippen LogP contribution in [0.1, 0.15) is 43.8 Å². The predicted molar refractivity (Wildman–Crippen MR) is 75.7 cm³/mol. The van der Waals surface area contributed by atoms with Gasteiger partial charge in [-0.15, -0.1) is 0 Å². The molecule has 19 heavy (non-hydrogen) atoms. The van der Waals surface area contributed by atoms with Crippen LogP contribution in [0.5, 0.6) is 0 Å². The fourth-order valence-electron chi connectivity index (χ4n) is 5.25. The molecule has 104 valence electrons. The molecule has 0 amide bonds. The molecule has 0 radical (unpaired) electrons. The lowest BCUT2D eigenvalue weighted by atomic mass is 9.54. The van der Waals surface area contributed by atoms with E-state index < -0.39 is 0 Å². The topological polar surface area (TPSA) is 55.9 Å². The van der Waals surface area contributed by atoms with E-state index in [1.165, 1.54) is 32.1 Å². The van der Waals surface area contributed by atoms with Crippen molar-refractivity contribution in [1.29, 1.82) is 0 Å². The minimum atomic E-state index is 0.537. The average molecular weight is 260 g/mol. The number of hydrogen-bond donors (Lipinski definition) is 2. The van der Waals surface area contributed by atoms with Crippen LogP contribution in [0.2, 0.25) is 0 Å². The van der Waals surface area contributed by atoms with E-state index in [9.17, 15) is 0 Å². The molecule has 4 bridgehead atoms. The van der Waals surface area contributed by atoms with E-state index >= 15 is 0 Å². The molecule has 3 N–H and O–H groups in total. The van der Waals surface area contributed by atoms with Gasteiger partial charge in [-0.3, -0.25) is 0 Å². The number of nitrogens with zero attached hydrogens (tertiary/aromatic N) is 2. The lowest BCUT2D eigenvalue weighted by molar-refractivity contribution is -0.0329. The second kappa shape index (κ2) is 4.23. The summed E-state index contributed by atoms with van der Waals surface area (Å²) in [5.74, 6) is 4.89. The minimum Gasteiger partial charge on any atom is -0.373 e. The van der Waals surface area contributed by atoms with Gasteiger partial charge in [-0.2, -0.15) is 5.10 Å². The van der Waals surface area contributed by atoms with Crippen LogP contribution in [0.3, 0.4) is 0 Å². The molecule has 4 fully saturated rings. The molecular formula is C15H24N4. The van der Waals surface area contributed by atoms with E-state index in [1.807, 2.05) is 7.05 Å². The highest BCUT2D eigenvalue weighted by atomic mass is 15.4. The molecular weight excluding hydrogens is 236 g/mol. The standard InChI is InChI=1S/C15H24N4/c1-17-14-7-13(8-16)18-19(14)15-11-3-9-2-10(5-11)6-12(15)4-9/h7,9-12,15,17H,2-6,8,16H2,1H3. The summed E-state index contributed by atoms with van der Waals surface area (Å²) >= 11 is 0. The molecule has 1 aromatic heterocycles. The van der Waals surface area contributed by atoms with Gasteiger partial charge in [0.2, 0.25) is 0 Å². The summed E-state index contributed by atoms with van der Waals surface area (Å²) in [6.45, 7) is 0.537. The van der Waals surface area contributed by atoms with Crippen molar-refractivity contribution >= 4 is 5.82 Å². The number of nitrogens with one attached hydrogen (secondary N) is 1. The first-order valence-electron chi connectivity index (χ1n) is 7.74. The molecule has 0 atom stereocenters. The highest BCUT2D eigenvalue weighted by Crippen LogP contribution is 2.58. The molecule has 0 aliphatic heterocycles. The van der Waals surface area contributed by atoms with Crippen molar-refractivity contribution in [2.45, 2.75) is 44.7 Å². The summed E-state index contributed by atoms with van der Waals surface area (Å²) in [5, 5.41) is 8.08. The molecule has 0 saturated heterocycles. The van der Waals surface area contributed by atoms with Gasteiger partial charge in [0.1, 0.15) is 5.82 Å². The Bertz CT molecular complexity index is 450. The van der Waals surface area contributed by atoms with Crippen LogP contribution in [-0.4, -0.2) is 16.8 Å². The Balaban J connectivity index is 1.70. The second-order valence-corrected chi connectivity index (χ2v) is 6.84. The first-order chi connectivity index (χ1) is 9.28. The van der Waals surface area contributed by atoms with E-state index in [2.05, 4.69) is 16.1 Å². The Morgan fingerprint density at radius 3 is 2.37 bits per heavy atom. The molecule has 0 unspecified atom stereocenters. The summed E-state index contributed by atoms with van der Waals surface area (Å²) in [6, 6.07) is 2.74. The molecule has 1 heterocycles. The van der Waals surface area contributed by atoms with E-state index in [4.69, 9.17) is 10.8 Å². The zero-order chi connectivity index (χ0) is 13.0. The second-order valence-electron chi connectivity index (χ2n) is 6.84. The first-order valence-corrected chi connectivity index (χ1v) is 7.74. The van der Waals surface area contributed by atoms with Gasteiger partial charge in [-0.05, 0) is 55.8 Å². The molecule has 4 aliphatic carbocycles. The number of nitrogens with two attached hydrogens (primary N) is 1. The number of aromatic nitrogens is 2. The van der Waals surface area contributed by atoms with Crippen LogP contribution in [0.4, 0.5) is 5.82 Å². The van der Waals surface area contributed by atoms with E-state index in [-0.39, 0.29) is 0 Å². The number of anilines is 1. The van der Waals surface area contributed by atoms with Gasteiger partial charge in [0.15, 0.2) is 0 Å². The van der Waals surface area contributed by atoms with Gasteiger partial charge in [-0.1, -0.05) is 0 Å². The number of rotatable bonds is 3. The van der Waals surface area contributed by atoms with Crippen LogP contribution < -0.4 is 11.1 Å². The van der Waals surface area contributed by atoms with Crippen molar-refractivity contribution < 1.29 is 0 Å². The summed E-state index contributed by atoms with van der Waals surface area (Å²) in [4.78, 5) is 0. The third-order valence-electron chi connectivity index (χ3n) is 5.71. The van der Waals surface area contributed by atoms with Crippen molar-refractivity contribution in [3.63, 3.8) is 0 Å². The van der Waals surface area contributed by atoms with Crippen LogP contribution in [0, 0.1) is 23.7 Å². The van der Waals surface area contributed by atoms with Crippen LogP contribution >= 0.6 is 0 Å². The zero-order valence-corrected chi connectivity index (χ0v) is 11.7.